The van der Waals surface area contributed by atoms with Crippen molar-refractivity contribution in [2.75, 3.05) is 12.3 Å². The summed E-state index contributed by atoms with van der Waals surface area (Å²) < 4.78 is 7.77. The lowest BCUT2D eigenvalue weighted by molar-refractivity contribution is 0.202. The number of tetrazole rings is 1. The third-order valence-electron chi connectivity index (χ3n) is 2.93. The van der Waals surface area contributed by atoms with E-state index in [2.05, 4.69) is 21.6 Å². The van der Waals surface area contributed by atoms with Crippen LogP contribution in [0.5, 0.6) is 5.75 Å². The third-order valence-corrected chi connectivity index (χ3v) is 4.05. The minimum atomic E-state index is -0.104. The van der Waals surface area contributed by atoms with E-state index < -0.39 is 0 Å². The summed E-state index contributed by atoms with van der Waals surface area (Å²) in [5.74, 6) is 2.49. The van der Waals surface area contributed by atoms with Crippen LogP contribution in [-0.4, -0.2) is 32.5 Å². The molecule has 1 aliphatic heterocycles. The fraction of sp³-hybridized carbons (Fsp3) is 0.417. The van der Waals surface area contributed by atoms with E-state index in [1.807, 2.05) is 18.2 Å². The summed E-state index contributed by atoms with van der Waals surface area (Å²) in [4.78, 5) is 1.17. The van der Waals surface area contributed by atoms with Crippen LogP contribution in [0.4, 0.5) is 0 Å². The van der Waals surface area contributed by atoms with Gasteiger partial charge >= 0.3 is 0 Å². The second kappa shape index (κ2) is 5.58. The molecule has 3 rings (SSSR count). The van der Waals surface area contributed by atoms with E-state index in [1.54, 1.807) is 16.4 Å². The number of nitrogens with two attached hydrogens (primary N) is 1. The van der Waals surface area contributed by atoms with Crippen LogP contribution < -0.4 is 10.5 Å². The highest BCUT2D eigenvalue weighted by Crippen LogP contribution is 2.39. The maximum atomic E-state index is 5.98. The zero-order valence-electron chi connectivity index (χ0n) is 10.4. The molecule has 19 heavy (non-hydrogen) atoms. The van der Waals surface area contributed by atoms with Gasteiger partial charge in [-0.2, -0.15) is 0 Å². The second-order valence-corrected chi connectivity index (χ2v) is 5.33. The van der Waals surface area contributed by atoms with Crippen LogP contribution in [0.15, 0.2) is 29.2 Å². The molecule has 1 unspecified atom stereocenters. The lowest BCUT2D eigenvalue weighted by Crippen LogP contribution is -2.21. The quantitative estimate of drug-likeness (QED) is 0.906. The van der Waals surface area contributed by atoms with Crippen molar-refractivity contribution >= 4 is 11.8 Å². The molecule has 0 fully saturated rings. The number of thioether (sulfide) groups is 1. The maximum absolute atomic E-state index is 5.98. The first-order valence-electron chi connectivity index (χ1n) is 6.23. The average molecular weight is 277 g/mol. The molecule has 100 valence electrons. The van der Waals surface area contributed by atoms with Crippen LogP contribution in [0.3, 0.4) is 0 Å². The van der Waals surface area contributed by atoms with E-state index in [0.717, 1.165) is 30.3 Å². The van der Waals surface area contributed by atoms with Gasteiger partial charge < -0.3 is 10.5 Å². The monoisotopic (exact) mass is 277 g/mol. The van der Waals surface area contributed by atoms with E-state index in [1.165, 1.54) is 4.90 Å². The van der Waals surface area contributed by atoms with Crippen LogP contribution in [0.25, 0.3) is 0 Å². The summed E-state index contributed by atoms with van der Waals surface area (Å²) in [6.07, 6.45) is 0.752. The molecule has 1 aliphatic rings. The summed E-state index contributed by atoms with van der Waals surface area (Å²) >= 11 is 1.77. The second-order valence-electron chi connectivity index (χ2n) is 4.27. The van der Waals surface area contributed by atoms with Gasteiger partial charge in [0.25, 0.3) is 0 Å². The van der Waals surface area contributed by atoms with Crippen LogP contribution in [0.2, 0.25) is 0 Å². The Morgan fingerprint density at radius 3 is 3.21 bits per heavy atom. The van der Waals surface area contributed by atoms with Gasteiger partial charge in [-0.1, -0.05) is 12.1 Å². The van der Waals surface area contributed by atoms with Crippen molar-refractivity contribution in [1.82, 2.24) is 20.2 Å². The number of para-hydroxylation sites is 1. The summed E-state index contributed by atoms with van der Waals surface area (Å²) in [5.41, 5.74) is 5.52. The number of nitrogens with zero attached hydrogens (tertiary/aromatic N) is 4. The highest BCUT2D eigenvalue weighted by atomic mass is 32.2. The smallest absolute Gasteiger partial charge is 0.193 e. The number of hydrogen-bond acceptors (Lipinski definition) is 6. The van der Waals surface area contributed by atoms with E-state index in [0.29, 0.717) is 6.54 Å². The predicted octanol–water partition coefficient (Wildman–Crippen LogP) is 1.25. The zero-order chi connectivity index (χ0) is 13.1. The van der Waals surface area contributed by atoms with Crippen molar-refractivity contribution in [3.8, 4) is 5.75 Å². The van der Waals surface area contributed by atoms with Crippen molar-refractivity contribution in [1.29, 1.82) is 0 Å². The number of ether oxygens (including phenoxy) is 1. The first-order chi connectivity index (χ1) is 9.38. The molecule has 2 heterocycles. The van der Waals surface area contributed by atoms with E-state index >= 15 is 0 Å². The van der Waals surface area contributed by atoms with Gasteiger partial charge in [-0.25, -0.2) is 4.68 Å². The van der Waals surface area contributed by atoms with Crippen molar-refractivity contribution in [2.24, 2.45) is 5.73 Å². The number of rotatable bonds is 4. The molecule has 0 amide bonds. The Balaban J connectivity index is 1.79. The molecule has 0 aliphatic carbocycles. The van der Waals surface area contributed by atoms with Gasteiger partial charge in [0.15, 0.2) is 11.9 Å². The predicted molar refractivity (Wildman–Crippen MR) is 72.0 cm³/mol. The molecule has 2 N–H and O–H groups in total. The minimum absolute atomic E-state index is 0.104. The Morgan fingerprint density at radius 1 is 1.42 bits per heavy atom. The largest absolute Gasteiger partial charge is 0.480 e. The van der Waals surface area contributed by atoms with Crippen LogP contribution in [0, 0.1) is 0 Å². The maximum Gasteiger partial charge on any atom is 0.193 e. The standard InChI is InChI=1S/C12H15N5OS/c13-6-3-7-17-12(14-15-16-17)10-8-19-11-5-2-1-4-9(11)18-10/h1-2,4-5,10H,3,6-8,13H2. The van der Waals surface area contributed by atoms with Gasteiger partial charge in [-0.05, 0) is 35.5 Å². The van der Waals surface area contributed by atoms with Gasteiger partial charge in [0.05, 0.1) is 0 Å². The van der Waals surface area contributed by atoms with Gasteiger partial charge in [-0.3, -0.25) is 0 Å². The molecule has 0 radical (unpaired) electrons. The van der Waals surface area contributed by atoms with Gasteiger partial charge in [0.2, 0.25) is 0 Å². The molecule has 2 aromatic rings. The molecular weight excluding hydrogens is 262 g/mol. The topological polar surface area (TPSA) is 78.9 Å². The molecular formula is C12H15N5OS. The SMILES string of the molecule is NCCCn1nnnc1C1CSc2ccccc2O1. The Kier molecular flexibility index (Phi) is 3.65. The number of aryl methyl sites for hydroxylation is 1. The summed E-state index contributed by atoms with van der Waals surface area (Å²) in [6, 6.07) is 8.02. The molecule has 0 bridgehead atoms. The summed E-state index contributed by atoms with van der Waals surface area (Å²) in [5, 5.41) is 11.8. The number of hydrogen-bond donors (Lipinski definition) is 1. The normalized spacial score (nSPS) is 17.8. The highest BCUT2D eigenvalue weighted by Gasteiger charge is 2.26. The van der Waals surface area contributed by atoms with Gasteiger partial charge in [-0.15, -0.1) is 16.9 Å². The fourth-order valence-corrected chi connectivity index (χ4v) is 2.97. The Labute approximate surface area is 115 Å². The van der Waals surface area contributed by atoms with Crippen LogP contribution >= 0.6 is 11.8 Å². The lowest BCUT2D eigenvalue weighted by atomic mass is 10.3. The molecule has 1 aromatic heterocycles. The highest BCUT2D eigenvalue weighted by molar-refractivity contribution is 7.99. The van der Waals surface area contributed by atoms with Gasteiger partial charge in [0.1, 0.15) is 5.75 Å². The zero-order valence-corrected chi connectivity index (χ0v) is 11.2. The molecule has 7 heteroatoms. The lowest BCUT2D eigenvalue weighted by Gasteiger charge is -2.24. The van der Waals surface area contributed by atoms with Crippen molar-refractivity contribution < 1.29 is 4.74 Å². The Bertz CT molecular complexity index is 559. The third kappa shape index (κ3) is 2.57. The van der Waals surface area contributed by atoms with Gasteiger partial charge in [0, 0.05) is 17.2 Å². The molecule has 1 aromatic carbocycles. The fourth-order valence-electron chi connectivity index (χ4n) is 1.99. The molecule has 0 spiro atoms. The molecule has 0 saturated carbocycles. The molecule has 1 atom stereocenters. The average Bonchev–Trinajstić information content (AvgIpc) is 2.93. The van der Waals surface area contributed by atoms with Crippen molar-refractivity contribution in [3.05, 3.63) is 30.1 Å². The Morgan fingerprint density at radius 2 is 2.32 bits per heavy atom. The first kappa shape index (κ1) is 12.4. The van der Waals surface area contributed by atoms with E-state index in [4.69, 9.17) is 10.5 Å². The summed E-state index contributed by atoms with van der Waals surface area (Å²) in [7, 11) is 0. The van der Waals surface area contributed by atoms with E-state index in [9.17, 15) is 0 Å². The van der Waals surface area contributed by atoms with Crippen molar-refractivity contribution in [2.45, 2.75) is 24.0 Å². The molecule has 6 nitrogen and oxygen atoms in total. The number of aromatic nitrogens is 4. The van der Waals surface area contributed by atoms with Crippen LogP contribution in [-0.2, 0) is 6.54 Å². The van der Waals surface area contributed by atoms with E-state index in [-0.39, 0.29) is 6.10 Å². The molecule has 0 saturated heterocycles. The Hall–Kier alpha value is -1.60. The number of fused-ring (bicyclic) bond motifs is 1. The first-order valence-corrected chi connectivity index (χ1v) is 7.21. The number of benzene rings is 1. The van der Waals surface area contributed by atoms with Crippen LogP contribution in [0.1, 0.15) is 18.3 Å². The minimum Gasteiger partial charge on any atom is -0.480 e. The summed E-state index contributed by atoms with van der Waals surface area (Å²) in [6.45, 7) is 1.35. The van der Waals surface area contributed by atoms with Crippen molar-refractivity contribution in [3.63, 3.8) is 0 Å².